The van der Waals surface area contributed by atoms with Gasteiger partial charge >= 0.3 is 0 Å². The van der Waals surface area contributed by atoms with E-state index in [-0.39, 0.29) is 17.8 Å². The number of hydrogen-bond acceptors (Lipinski definition) is 4. The summed E-state index contributed by atoms with van der Waals surface area (Å²) in [7, 11) is 0. The zero-order chi connectivity index (χ0) is 17.9. The first-order valence-corrected chi connectivity index (χ1v) is 9.89. The lowest BCUT2D eigenvalue weighted by Gasteiger charge is -2.36. The van der Waals surface area contributed by atoms with E-state index in [4.69, 9.17) is 4.74 Å². The van der Waals surface area contributed by atoms with Crippen molar-refractivity contribution < 1.29 is 13.9 Å². The summed E-state index contributed by atoms with van der Waals surface area (Å²) in [6.45, 7) is 2.15. The van der Waals surface area contributed by atoms with Crippen molar-refractivity contribution in [2.45, 2.75) is 50.6 Å². The Hall–Kier alpha value is -1.66. The number of hydrogen-bond donors (Lipinski definition) is 2. The molecular weight excluding hydrogens is 333 g/mol. The van der Waals surface area contributed by atoms with Crippen LogP contribution in [0.15, 0.2) is 24.3 Å². The Labute approximate surface area is 154 Å². The Balaban J connectivity index is 1.31. The molecule has 2 saturated heterocycles. The van der Waals surface area contributed by atoms with Gasteiger partial charge in [-0.1, -0.05) is 12.8 Å². The number of benzene rings is 1. The summed E-state index contributed by atoms with van der Waals surface area (Å²) in [5, 5.41) is 0. The fraction of sp³-hybridized carbons (Fsp3) is 0.650. The van der Waals surface area contributed by atoms with Crippen LogP contribution < -0.4 is 15.6 Å². The molecule has 2 aliphatic heterocycles. The normalized spacial score (nSPS) is 31.5. The van der Waals surface area contributed by atoms with Gasteiger partial charge in [0.25, 0.3) is 0 Å². The van der Waals surface area contributed by atoms with E-state index in [0.717, 1.165) is 38.8 Å². The highest BCUT2D eigenvalue weighted by atomic mass is 19.1. The van der Waals surface area contributed by atoms with E-state index in [1.54, 1.807) is 12.1 Å². The van der Waals surface area contributed by atoms with Crippen LogP contribution in [0.4, 0.5) is 4.39 Å². The number of fused-ring (bicyclic) bond motifs is 1. The van der Waals surface area contributed by atoms with Gasteiger partial charge in [-0.25, -0.2) is 9.82 Å². The van der Waals surface area contributed by atoms with E-state index >= 15 is 0 Å². The number of amides is 1. The Morgan fingerprint density at radius 1 is 1.12 bits per heavy atom. The van der Waals surface area contributed by atoms with Crippen molar-refractivity contribution in [3.63, 3.8) is 0 Å². The molecule has 1 amide bonds. The molecule has 1 aromatic rings. The molecule has 4 rings (SSSR count). The fourth-order valence-electron chi connectivity index (χ4n) is 4.63. The van der Waals surface area contributed by atoms with Crippen LogP contribution in [0.25, 0.3) is 0 Å². The lowest BCUT2D eigenvalue weighted by atomic mass is 9.81. The van der Waals surface area contributed by atoms with E-state index in [1.807, 2.05) is 4.90 Å². The minimum absolute atomic E-state index is 0.0860. The van der Waals surface area contributed by atoms with Gasteiger partial charge in [0.1, 0.15) is 17.6 Å². The molecule has 3 aliphatic rings. The van der Waals surface area contributed by atoms with Gasteiger partial charge in [-0.2, -0.15) is 0 Å². The number of nitrogens with one attached hydrogen (secondary N) is 2. The smallest absolute Gasteiger partial charge is 0.241 e. The van der Waals surface area contributed by atoms with E-state index < -0.39 is 0 Å². The van der Waals surface area contributed by atoms with Gasteiger partial charge in [-0.3, -0.25) is 10.2 Å². The molecule has 4 atom stereocenters. The number of carbonyl (C=O) groups excluding carboxylic acids is 1. The lowest BCUT2D eigenvalue weighted by molar-refractivity contribution is -0.136. The molecule has 26 heavy (non-hydrogen) atoms. The van der Waals surface area contributed by atoms with Gasteiger partial charge in [-0.15, -0.1) is 0 Å². The van der Waals surface area contributed by atoms with Gasteiger partial charge in [0, 0.05) is 31.0 Å². The standard InChI is InChI=1S/C20H28FN3O2/c21-15-7-9-16(10-8-15)26-13-14-4-3-11-24(12-14)20(25)19-17-5-1-2-6-18(17)22-23-19/h7-10,14,17-19,22-23H,1-6,11-13H2. The maximum atomic E-state index is 13.1. The second-order valence-corrected chi connectivity index (χ2v) is 7.88. The van der Waals surface area contributed by atoms with Crippen LogP contribution in [0.1, 0.15) is 38.5 Å². The minimum atomic E-state index is -0.259. The molecule has 1 aromatic carbocycles. The predicted octanol–water partition coefficient (Wildman–Crippen LogP) is 2.48. The first-order valence-electron chi connectivity index (χ1n) is 9.89. The molecule has 2 N–H and O–H groups in total. The molecule has 0 aromatic heterocycles. The maximum absolute atomic E-state index is 13.1. The zero-order valence-electron chi connectivity index (χ0n) is 15.1. The van der Waals surface area contributed by atoms with Crippen molar-refractivity contribution in [2.24, 2.45) is 11.8 Å². The van der Waals surface area contributed by atoms with Gasteiger partial charge in [-0.05, 0) is 49.9 Å². The Kier molecular flexibility index (Phi) is 5.41. The van der Waals surface area contributed by atoms with E-state index in [0.29, 0.717) is 30.2 Å². The van der Waals surface area contributed by atoms with Crippen molar-refractivity contribution in [3.05, 3.63) is 30.1 Å². The van der Waals surface area contributed by atoms with Crippen molar-refractivity contribution in [2.75, 3.05) is 19.7 Å². The van der Waals surface area contributed by atoms with Crippen LogP contribution in [0, 0.1) is 17.7 Å². The molecule has 4 unspecified atom stereocenters. The summed E-state index contributed by atoms with van der Waals surface area (Å²) < 4.78 is 18.8. The molecule has 1 saturated carbocycles. The Morgan fingerprint density at radius 3 is 2.77 bits per heavy atom. The third kappa shape index (κ3) is 3.86. The number of rotatable bonds is 4. The highest BCUT2D eigenvalue weighted by Crippen LogP contribution is 2.31. The Bertz CT molecular complexity index is 624. The first kappa shape index (κ1) is 17.7. The van der Waals surface area contributed by atoms with Crippen molar-refractivity contribution >= 4 is 5.91 Å². The quantitative estimate of drug-likeness (QED) is 0.865. The Morgan fingerprint density at radius 2 is 1.92 bits per heavy atom. The van der Waals surface area contributed by atoms with E-state index in [2.05, 4.69) is 10.9 Å². The van der Waals surface area contributed by atoms with Crippen LogP contribution in [0.2, 0.25) is 0 Å². The number of hydrazine groups is 1. The van der Waals surface area contributed by atoms with Gasteiger partial charge in [0.15, 0.2) is 0 Å². The zero-order valence-corrected chi connectivity index (χ0v) is 15.1. The number of ether oxygens (including phenoxy) is 1. The van der Waals surface area contributed by atoms with Crippen molar-refractivity contribution in [3.8, 4) is 5.75 Å². The topological polar surface area (TPSA) is 53.6 Å². The fourth-order valence-corrected chi connectivity index (χ4v) is 4.63. The third-order valence-corrected chi connectivity index (χ3v) is 6.07. The first-order chi connectivity index (χ1) is 12.7. The summed E-state index contributed by atoms with van der Waals surface area (Å²) in [5.41, 5.74) is 6.60. The monoisotopic (exact) mass is 361 g/mol. The number of piperidine rings is 1. The lowest BCUT2D eigenvalue weighted by Crippen LogP contribution is -2.51. The van der Waals surface area contributed by atoms with E-state index in [9.17, 15) is 9.18 Å². The van der Waals surface area contributed by atoms with Gasteiger partial charge < -0.3 is 9.64 Å². The highest BCUT2D eigenvalue weighted by molar-refractivity contribution is 5.82. The average Bonchev–Trinajstić information content (AvgIpc) is 3.11. The molecule has 6 heteroatoms. The van der Waals surface area contributed by atoms with Crippen molar-refractivity contribution in [1.82, 2.24) is 15.8 Å². The highest BCUT2D eigenvalue weighted by Gasteiger charge is 2.43. The summed E-state index contributed by atoms with van der Waals surface area (Å²) in [5.74, 6) is 1.41. The average molecular weight is 361 g/mol. The summed E-state index contributed by atoms with van der Waals surface area (Å²) in [6.07, 6.45) is 6.85. The van der Waals surface area contributed by atoms with Crippen LogP contribution in [0.3, 0.4) is 0 Å². The van der Waals surface area contributed by atoms with Crippen LogP contribution in [0.5, 0.6) is 5.75 Å². The minimum Gasteiger partial charge on any atom is -0.493 e. The summed E-state index contributed by atoms with van der Waals surface area (Å²) >= 11 is 0. The second-order valence-electron chi connectivity index (χ2n) is 7.88. The number of likely N-dealkylation sites (tertiary alicyclic amines) is 1. The molecule has 0 radical (unpaired) electrons. The largest absolute Gasteiger partial charge is 0.493 e. The van der Waals surface area contributed by atoms with Crippen molar-refractivity contribution in [1.29, 1.82) is 0 Å². The maximum Gasteiger partial charge on any atom is 0.241 e. The molecule has 0 spiro atoms. The van der Waals surface area contributed by atoms with Crippen LogP contribution in [-0.2, 0) is 4.79 Å². The molecule has 2 heterocycles. The predicted molar refractivity (Wildman–Crippen MR) is 97.0 cm³/mol. The molecule has 3 fully saturated rings. The van der Waals surface area contributed by atoms with Crippen LogP contribution >= 0.6 is 0 Å². The van der Waals surface area contributed by atoms with Crippen LogP contribution in [-0.4, -0.2) is 42.6 Å². The van der Waals surface area contributed by atoms with Gasteiger partial charge in [0.2, 0.25) is 5.91 Å². The molecule has 1 aliphatic carbocycles. The molecule has 0 bridgehead atoms. The van der Waals surface area contributed by atoms with E-state index in [1.165, 1.54) is 25.0 Å². The molecule has 142 valence electrons. The third-order valence-electron chi connectivity index (χ3n) is 6.07. The van der Waals surface area contributed by atoms with Gasteiger partial charge in [0.05, 0.1) is 6.61 Å². The molecular formula is C20H28FN3O2. The molecule has 5 nitrogen and oxygen atoms in total. The number of halogens is 1. The number of carbonyl (C=O) groups is 1. The SMILES string of the molecule is O=C(C1NNC2CCCCC21)N1CCCC(COc2ccc(F)cc2)C1. The summed E-state index contributed by atoms with van der Waals surface area (Å²) in [4.78, 5) is 15.1. The summed E-state index contributed by atoms with van der Waals surface area (Å²) in [6, 6.07) is 6.48. The second kappa shape index (κ2) is 7.92. The number of nitrogens with zero attached hydrogens (tertiary/aromatic N) is 1.